The number of ketones is 1. The molecule has 0 saturated heterocycles. The zero-order valence-electron chi connectivity index (χ0n) is 16.8. The van der Waals surface area contributed by atoms with Gasteiger partial charge in [0.25, 0.3) is 5.69 Å². The van der Waals surface area contributed by atoms with Crippen molar-refractivity contribution in [1.29, 1.82) is 0 Å². The van der Waals surface area contributed by atoms with Crippen molar-refractivity contribution in [1.82, 2.24) is 0 Å². The fourth-order valence-corrected chi connectivity index (χ4v) is 3.31. The van der Waals surface area contributed by atoms with Crippen molar-refractivity contribution in [3.05, 3.63) is 105 Å². The Morgan fingerprint density at radius 3 is 2.03 bits per heavy atom. The SMILES string of the molecule is CC(C)c1ccc(C(CC(=O)c2ccc(Cl)cc2)Nc2ccc([N+](=O)[O-])cc2)cc1. The molecule has 30 heavy (non-hydrogen) atoms. The zero-order valence-corrected chi connectivity index (χ0v) is 17.6. The number of non-ortho nitro benzene ring substituents is 1. The van der Waals surface area contributed by atoms with Crippen LogP contribution in [0.1, 0.15) is 53.7 Å². The number of hydrogen-bond donors (Lipinski definition) is 1. The summed E-state index contributed by atoms with van der Waals surface area (Å²) in [5.41, 5.74) is 3.52. The first-order valence-electron chi connectivity index (χ1n) is 9.73. The van der Waals surface area contributed by atoms with E-state index in [0.29, 0.717) is 22.2 Å². The molecule has 1 N–H and O–H groups in total. The molecular weight excluding hydrogens is 400 g/mol. The van der Waals surface area contributed by atoms with Crippen LogP contribution in [0.5, 0.6) is 0 Å². The summed E-state index contributed by atoms with van der Waals surface area (Å²) in [7, 11) is 0. The molecular formula is C24H23ClN2O3. The minimum absolute atomic E-state index is 0.0148. The molecule has 0 amide bonds. The number of rotatable bonds is 8. The van der Waals surface area contributed by atoms with Gasteiger partial charge in [-0.15, -0.1) is 0 Å². The van der Waals surface area contributed by atoms with Crippen LogP contribution in [-0.2, 0) is 0 Å². The fraction of sp³-hybridized carbons (Fsp3) is 0.208. The van der Waals surface area contributed by atoms with Crippen LogP contribution in [0.2, 0.25) is 5.02 Å². The van der Waals surface area contributed by atoms with E-state index < -0.39 is 4.92 Å². The van der Waals surface area contributed by atoms with Crippen LogP contribution in [0.3, 0.4) is 0 Å². The highest BCUT2D eigenvalue weighted by atomic mass is 35.5. The molecule has 1 unspecified atom stereocenters. The molecule has 6 heteroatoms. The number of carbonyl (C=O) groups is 1. The van der Waals surface area contributed by atoms with Gasteiger partial charge in [-0.2, -0.15) is 0 Å². The Bertz CT molecular complexity index is 1010. The minimum Gasteiger partial charge on any atom is -0.378 e. The van der Waals surface area contributed by atoms with Crippen molar-refractivity contribution in [2.75, 3.05) is 5.32 Å². The van der Waals surface area contributed by atoms with E-state index in [9.17, 15) is 14.9 Å². The largest absolute Gasteiger partial charge is 0.378 e. The third-order valence-corrected chi connectivity index (χ3v) is 5.23. The number of anilines is 1. The average molecular weight is 423 g/mol. The number of Topliss-reactive ketones (excluding diaryl/α,β-unsaturated/α-hetero) is 1. The second-order valence-electron chi connectivity index (χ2n) is 7.46. The monoisotopic (exact) mass is 422 g/mol. The van der Waals surface area contributed by atoms with Gasteiger partial charge < -0.3 is 5.32 Å². The summed E-state index contributed by atoms with van der Waals surface area (Å²) in [6.45, 7) is 4.26. The molecule has 0 aliphatic heterocycles. The Morgan fingerprint density at radius 2 is 1.50 bits per heavy atom. The van der Waals surface area contributed by atoms with E-state index in [1.165, 1.54) is 17.7 Å². The number of halogens is 1. The molecule has 1 atom stereocenters. The molecule has 5 nitrogen and oxygen atoms in total. The van der Waals surface area contributed by atoms with E-state index >= 15 is 0 Å². The van der Waals surface area contributed by atoms with Crippen molar-refractivity contribution in [3.63, 3.8) is 0 Å². The summed E-state index contributed by atoms with van der Waals surface area (Å²) < 4.78 is 0. The molecule has 154 valence electrons. The number of nitro groups is 1. The second-order valence-corrected chi connectivity index (χ2v) is 7.89. The quantitative estimate of drug-likeness (QED) is 0.246. The molecule has 0 spiro atoms. The first-order valence-corrected chi connectivity index (χ1v) is 10.1. The van der Waals surface area contributed by atoms with Crippen LogP contribution in [-0.4, -0.2) is 10.7 Å². The van der Waals surface area contributed by atoms with Gasteiger partial charge in [0.1, 0.15) is 0 Å². The Labute approximate surface area is 180 Å². The summed E-state index contributed by atoms with van der Waals surface area (Å²) in [5.74, 6) is 0.398. The molecule has 0 saturated carbocycles. The maximum atomic E-state index is 12.9. The lowest BCUT2D eigenvalue weighted by Crippen LogP contribution is -2.16. The Morgan fingerprint density at radius 1 is 0.933 bits per heavy atom. The Kier molecular flexibility index (Phi) is 6.85. The van der Waals surface area contributed by atoms with Crippen molar-refractivity contribution < 1.29 is 9.72 Å². The highest BCUT2D eigenvalue weighted by Crippen LogP contribution is 2.27. The van der Waals surface area contributed by atoms with Crippen LogP contribution in [0.15, 0.2) is 72.8 Å². The summed E-state index contributed by atoms with van der Waals surface area (Å²) >= 11 is 5.93. The lowest BCUT2D eigenvalue weighted by molar-refractivity contribution is -0.384. The van der Waals surface area contributed by atoms with Crippen molar-refractivity contribution in [3.8, 4) is 0 Å². The number of carbonyl (C=O) groups excluding carboxylic acids is 1. The van der Waals surface area contributed by atoms with Gasteiger partial charge in [-0.25, -0.2) is 0 Å². The van der Waals surface area contributed by atoms with Gasteiger partial charge in [-0.1, -0.05) is 49.7 Å². The lowest BCUT2D eigenvalue weighted by Gasteiger charge is -2.21. The molecule has 3 aromatic carbocycles. The second kappa shape index (κ2) is 9.55. The number of nitro benzene ring substituents is 1. The van der Waals surface area contributed by atoms with Crippen LogP contribution in [0.4, 0.5) is 11.4 Å². The van der Waals surface area contributed by atoms with E-state index in [-0.39, 0.29) is 23.9 Å². The number of nitrogens with zero attached hydrogens (tertiary/aromatic N) is 1. The summed E-state index contributed by atoms with van der Waals surface area (Å²) in [6, 6.07) is 20.9. The van der Waals surface area contributed by atoms with Crippen LogP contribution in [0.25, 0.3) is 0 Å². The molecule has 0 bridgehead atoms. The molecule has 0 heterocycles. The smallest absolute Gasteiger partial charge is 0.269 e. The summed E-state index contributed by atoms with van der Waals surface area (Å²) in [5, 5.41) is 14.8. The molecule has 0 aliphatic rings. The van der Waals surface area contributed by atoms with E-state index in [2.05, 4.69) is 31.3 Å². The van der Waals surface area contributed by atoms with Gasteiger partial charge in [0.15, 0.2) is 5.78 Å². The van der Waals surface area contributed by atoms with E-state index in [1.807, 2.05) is 12.1 Å². The highest BCUT2D eigenvalue weighted by Gasteiger charge is 2.18. The topological polar surface area (TPSA) is 72.2 Å². The molecule has 0 aliphatic carbocycles. The summed E-state index contributed by atoms with van der Waals surface area (Å²) in [4.78, 5) is 23.3. The fourth-order valence-electron chi connectivity index (χ4n) is 3.19. The predicted octanol–water partition coefficient (Wildman–Crippen LogP) is 6.80. The van der Waals surface area contributed by atoms with Crippen molar-refractivity contribution in [2.45, 2.75) is 32.2 Å². The Hall–Kier alpha value is -3.18. The first kappa shape index (κ1) is 21.5. The number of benzene rings is 3. The van der Waals surface area contributed by atoms with Gasteiger partial charge in [-0.3, -0.25) is 14.9 Å². The van der Waals surface area contributed by atoms with Gasteiger partial charge in [0.2, 0.25) is 0 Å². The van der Waals surface area contributed by atoms with Crippen LogP contribution >= 0.6 is 11.6 Å². The minimum atomic E-state index is -0.435. The third kappa shape index (κ3) is 5.45. The lowest BCUT2D eigenvalue weighted by atomic mass is 9.95. The van der Waals surface area contributed by atoms with E-state index in [0.717, 1.165) is 5.56 Å². The van der Waals surface area contributed by atoms with E-state index in [1.54, 1.807) is 36.4 Å². The van der Waals surface area contributed by atoms with Crippen molar-refractivity contribution >= 4 is 28.8 Å². The molecule has 3 aromatic rings. The van der Waals surface area contributed by atoms with Crippen molar-refractivity contribution in [2.24, 2.45) is 0 Å². The standard InChI is InChI=1S/C24H23ClN2O3/c1-16(2)17-3-5-18(6-4-17)23(15-24(28)19-7-9-20(25)10-8-19)26-21-11-13-22(14-12-21)27(29)30/h3-14,16,23,26H,15H2,1-2H3. The van der Waals surface area contributed by atoms with Gasteiger partial charge in [0.05, 0.1) is 11.0 Å². The van der Waals surface area contributed by atoms with Crippen LogP contribution < -0.4 is 5.32 Å². The summed E-state index contributed by atoms with van der Waals surface area (Å²) in [6.07, 6.45) is 0.236. The molecule has 3 rings (SSSR count). The highest BCUT2D eigenvalue weighted by molar-refractivity contribution is 6.30. The third-order valence-electron chi connectivity index (χ3n) is 4.98. The molecule has 0 radical (unpaired) electrons. The predicted molar refractivity (Wildman–Crippen MR) is 120 cm³/mol. The maximum absolute atomic E-state index is 12.9. The first-order chi connectivity index (χ1) is 14.3. The molecule has 0 aromatic heterocycles. The van der Waals surface area contributed by atoms with Gasteiger partial charge in [-0.05, 0) is 53.4 Å². The van der Waals surface area contributed by atoms with Crippen LogP contribution in [0, 0.1) is 10.1 Å². The Balaban J connectivity index is 1.86. The normalized spacial score (nSPS) is 11.9. The van der Waals surface area contributed by atoms with Gasteiger partial charge in [0, 0.05) is 34.8 Å². The number of nitrogens with one attached hydrogen (secondary N) is 1. The van der Waals surface area contributed by atoms with Gasteiger partial charge >= 0.3 is 0 Å². The number of hydrogen-bond acceptors (Lipinski definition) is 4. The van der Waals surface area contributed by atoms with E-state index in [4.69, 9.17) is 11.6 Å². The zero-order chi connectivity index (χ0) is 21.7. The maximum Gasteiger partial charge on any atom is 0.269 e. The molecule has 0 fully saturated rings. The average Bonchev–Trinajstić information content (AvgIpc) is 2.74.